The van der Waals surface area contributed by atoms with E-state index in [1.165, 1.54) is 19.2 Å². The van der Waals surface area contributed by atoms with Crippen molar-refractivity contribution in [2.75, 3.05) is 13.7 Å². The third-order valence-corrected chi connectivity index (χ3v) is 2.33. The lowest BCUT2D eigenvalue weighted by Crippen LogP contribution is -2.26. The minimum atomic E-state index is -0.660. The molecule has 0 spiro atoms. The topological polar surface area (TPSA) is 55.4 Å². The van der Waals surface area contributed by atoms with Gasteiger partial charge < -0.3 is 10.1 Å². The second-order valence-corrected chi connectivity index (χ2v) is 3.62. The van der Waals surface area contributed by atoms with Crippen LogP contribution in [0.1, 0.15) is 16.8 Å². The van der Waals surface area contributed by atoms with Crippen molar-refractivity contribution in [2.45, 2.75) is 6.42 Å². The Hall–Kier alpha value is -1.62. The van der Waals surface area contributed by atoms with Crippen molar-refractivity contribution in [1.82, 2.24) is 5.32 Å². The molecule has 17 heavy (non-hydrogen) atoms. The van der Waals surface area contributed by atoms with E-state index in [2.05, 4.69) is 10.1 Å². The van der Waals surface area contributed by atoms with E-state index in [1.807, 2.05) is 0 Å². The predicted octanol–water partition coefficient (Wildman–Crippen LogP) is 1.77. The Morgan fingerprint density at radius 2 is 2.18 bits per heavy atom. The van der Waals surface area contributed by atoms with Crippen LogP contribution in [0.2, 0.25) is 5.02 Å². The van der Waals surface area contributed by atoms with Gasteiger partial charge in [-0.2, -0.15) is 0 Å². The third kappa shape index (κ3) is 4.03. The molecule has 92 valence electrons. The number of benzene rings is 1. The number of amides is 1. The van der Waals surface area contributed by atoms with Gasteiger partial charge in [0.2, 0.25) is 0 Å². The number of hydrogen-bond donors (Lipinski definition) is 1. The molecule has 6 heteroatoms. The highest BCUT2D eigenvalue weighted by Gasteiger charge is 2.09. The van der Waals surface area contributed by atoms with Gasteiger partial charge in [0.15, 0.2) is 0 Å². The number of carbonyl (C=O) groups is 2. The molecule has 0 aliphatic carbocycles. The van der Waals surface area contributed by atoms with Gasteiger partial charge in [0, 0.05) is 12.1 Å². The maximum atomic E-state index is 13.1. The van der Waals surface area contributed by atoms with Crippen molar-refractivity contribution in [3.63, 3.8) is 0 Å². The van der Waals surface area contributed by atoms with Crippen molar-refractivity contribution in [2.24, 2.45) is 0 Å². The molecule has 1 N–H and O–H groups in total. The van der Waals surface area contributed by atoms with Gasteiger partial charge in [-0.25, -0.2) is 4.39 Å². The second kappa shape index (κ2) is 6.20. The zero-order valence-electron chi connectivity index (χ0n) is 9.13. The van der Waals surface area contributed by atoms with E-state index in [0.29, 0.717) is 0 Å². The Kier molecular flexibility index (Phi) is 4.90. The Morgan fingerprint density at radius 1 is 1.47 bits per heavy atom. The highest BCUT2D eigenvalue weighted by Crippen LogP contribution is 2.15. The molecule has 0 aliphatic rings. The Bertz CT molecular complexity index is 437. The molecule has 0 fully saturated rings. The first-order chi connectivity index (χ1) is 8.04. The molecule has 4 nitrogen and oxygen atoms in total. The molecule has 0 atom stereocenters. The minimum Gasteiger partial charge on any atom is -0.469 e. The van der Waals surface area contributed by atoms with Crippen molar-refractivity contribution < 1.29 is 18.7 Å². The smallest absolute Gasteiger partial charge is 0.307 e. The molecule has 0 heterocycles. The van der Waals surface area contributed by atoms with Crippen LogP contribution in [0, 0.1) is 5.82 Å². The number of hydrogen-bond acceptors (Lipinski definition) is 3. The van der Waals surface area contributed by atoms with E-state index in [4.69, 9.17) is 11.6 Å². The number of carbonyl (C=O) groups excluding carboxylic acids is 2. The first-order valence-corrected chi connectivity index (χ1v) is 5.22. The molecule has 0 saturated carbocycles. The summed E-state index contributed by atoms with van der Waals surface area (Å²) in [7, 11) is 1.26. The van der Waals surface area contributed by atoms with Crippen molar-refractivity contribution >= 4 is 23.5 Å². The fourth-order valence-electron chi connectivity index (χ4n) is 1.12. The molecule has 0 unspecified atom stereocenters. The largest absolute Gasteiger partial charge is 0.469 e. The molecular weight excluding hydrogens is 249 g/mol. The van der Waals surface area contributed by atoms with E-state index in [9.17, 15) is 14.0 Å². The summed E-state index contributed by atoms with van der Waals surface area (Å²) in [5, 5.41) is 2.42. The van der Waals surface area contributed by atoms with Crippen LogP contribution >= 0.6 is 11.6 Å². The van der Waals surface area contributed by atoms with Crippen LogP contribution in [0.5, 0.6) is 0 Å². The Morgan fingerprint density at radius 3 is 2.76 bits per heavy atom. The number of halogens is 2. The number of ether oxygens (including phenoxy) is 1. The summed E-state index contributed by atoms with van der Waals surface area (Å²) in [6, 6.07) is 3.74. The molecule has 1 aromatic rings. The van der Waals surface area contributed by atoms with Crippen molar-refractivity contribution in [3.05, 3.63) is 34.6 Å². The van der Waals surface area contributed by atoms with E-state index in [1.54, 1.807) is 0 Å². The Labute approximate surface area is 103 Å². The normalized spacial score (nSPS) is 9.82. The number of rotatable bonds is 4. The fourth-order valence-corrected chi connectivity index (χ4v) is 1.24. The van der Waals surface area contributed by atoms with E-state index < -0.39 is 17.7 Å². The molecule has 0 radical (unpaired) electrons. The summed E-state index contributed by atoms with van der Waals surface area (Å²) in [5.41, 5.74) is 0.150. The number of nitrogens with one attached hydrogen (secondary N) is 1. The molecule has 0 saturated heterocycles. The SMILES string of the molecule is COC(=O)CCNC(=O)c1ccc(Cl)c(F)c1. The van der Waals surface area contributed by atoms with E-state index in [-0.39, 0.29) is 23.6 Å². The van der Waals surface area contributed by atoms with Gasteiger partial charge in [-0.05, 0) is 18.2 Å². The van der Waals surface area contributed by atoms with Gasteiger partial charge in [0.05, 0.1) is 18.6 Å². The van der Waals surface area contributed by atoms with Crippen LogP contribution in [0.15, 0.2) is 18.2 Å². The number of methoxy groups -OCH3 is 1. The van der Waals surface area contributed by atoms with Crippen LogP contribution in [0.25, 0.3) is 0 Å². The van der Waals surface area contributed by atoms with Crippen LogP contribution < -0.4 is 5.32 Å². The minimum absolute atomic E-state index is 0.0453. The summed E-state index contributed by atoms with van der Waals surface area (Å²) in [5.74, 6) is -1.55. The summed E-state index contributed by atoms with van der Waals surface area (Å²) < 4.78 is 17.5. The molecular formula is C11H11ClFNO3. The first-order valence-electron chi connectivity index (χ1n) is 4.84. The van der Waals surface area contributed by atoms with E-state index in [0.717, 1.165) is 6.07 Å². The number of esters is 1. The molecule has 1 rings (SSSR count). The lowest BCUT2D eigenvalue weighted by atomic mass is 10.2. The van der Waals surface area contributed by atoms with Crippen LogP contribution in [0.4, 0.5) is 4.39 Å². The van der Waals surface area contributed by atoms with Gasteiger partial charge >= 0.3 is 5.97 Å². The van der Waals surface area contributed by atoms with Crippen LogP contribution in [0.3, 0.4) is 0 Å². The summed E-state index contributed by atoms with van der Waals surface area (Å²) in [4.78, 5) is 22.3. The zero-order valence-corrected chi connectivity index (χ0v) is 9.88. The first kappa shape index (κ1) is 13.4. The van der Waals surface area contributed by atoms with Gasteiger partial charge in [0.1, 0.15) is 5.82 Å². The van der Waals surface area contributed by atoms with Gasteiger partial charge in [-0.1, -0.05) is 11.6 Å². The highest BCUT2D eigenvalue weighted by molar-refractivity contribution is 6.30. The summed E-state index contributed by atoms with van der Waals surface area (Å²) >= 11 is 5.48. The van der Waals surface area contributed by atoms with Gasteiger partial charge in [0.25, 0.3) is 5.91 Å². The quantitative estimate of drug-likeness (QED) is 0.839. The molecule has 0 aromatic heterocycles. The maximum absolute atomic E-state index is 13.1. The standard InChI is InChI=1S/C11H11ClFNO3/c1-17-10(15)4-5-14-11(16)7-2-3-8(12)9(13)6-7/h2-3,6H,4-5H2,1H3,(H,14,16). The lowest BCUT2D eigenvalue weighted by molar-refractivity contribution is -0.140. The second-order valence-electron chi connectivity index (χ2n) is 3.21. The third-order valence-electron chi connectivity index (χ3n) is 2.02. The van der Waals surface area contributed by atoms with E-state index >= 15 is 0 Å². The Balaban J connectivity index is 2.52. The average molecular weight is 260 g/mol. The maximum Gasteiger partial charge on any atom is 0.307 e. The summed E-state index contributed by atoms with van der Waals surface area (Å²) in [6.07, 6.45) is 0.0678. The monoisotopic (exact) mass is 259 g/mol. The molecule has 1 amide bonds. The van der Waals surface area contributed by atoms with Crippen molar-refractivity contribution in [3.8, 4) is 0 Å². The zero-order chi connectivity index (χ0) is 12.8. The molecule has 0 bridgehead atoms. The predicted molar refractivity (Wildman–Crippen MR) is 60.4 cm³/mol. The molecule has 0 aliphatic heterocycles. The van der Waals surface area contributed by atoms with Crippen LogP contribution in [-0.4, -0.2) is 25.5 Å². The highest BCUT2D eigenvalue weighted by atomic mass is 35.5. The van der Waals surface area contributed by atoms with Crippen molar-refractivity contribution in [1.29, 1.82) is 0 Å². The average Bonchev–Trinajstić information content (AvgIpc) is 2.32. The van der Waals surface area contributed by atoms with Gasteiger partial charge in [-0.3, -0.25) is 9.59 Å². The molecule has 1 aromatic carbocycles. The lowest BCUT2D eigenvalue weighted by Gasteiger charge is -2.04. The van der Waals surface area contributed by atoms with Gasteiger partial charge in [-0.15, -0.1) is 0 Å². The summed E-state index contributed by atoms with van der Waals surface area (Å²) in [6.45, 7) is 0.135. The van der Waals surface area contributed by atoms with Crippen LogP contribution in [-0.2, 0) is 9.53 Å². The fraction of sp³-hybridized carbons (Fsp3) is 0.273.